The van der Waals surface area contributed by atoms with E-state index in [4.69, 9.17) is 16.0 Å². The summed E-state index contributed by atoms with van der Waals surface area (Å²) in [4.78, 5) is 18.3. The number of hydrogen-bond acceptors (Lipinski definition) is 4. The Balaban J connectivity index is 1.81. The van der Waals surface area contributed by atoms with E-state index in [9.17, 15) is 9.90 Å². The molecular weight excluding hydrogens is 316 g/mol. The SMILES string of the molecule is CN(CC1CCCC1O)C(=O)c1ncoc1-c1ccccc1Cl. The molecule has 0 aliphatic heterocycles. The van der Waals surface area contributed by atoms with E-state index < -0.39 is 0 Å². The van der Waals surface area contributed by atoms with E-state index in [0.29, 0.717) is 22.9 Å². The molecule has 5 nitrogen and oxygen atoms in total. The third-order valence-electron chi connectivity index (χ3n) is 4.36. The Morgan fingerprint density at radius 1 is 1.43 bits per heavy atom. The van der Waals surface area contributed by atoms with Crippen LogP contribution in [0.2, 0.25) is 5.02 Å². The molecule has 1 aromatic heterocycles. The van der Waals surface area contributed by atoms with Gasteiger partial charge in [0.2, 0.25) is 0 Å². The third kappa shape index (κ3) is 3.26. The molecule has 1 saturated carbocycles. The van der Waals surface area contributed by atoms with E-state index in [1.54, 1.807) is 24.1 Å². The molecule has 1 N–H and O–H groups in total. The molecule has 3 rings (SSSR count). The van der Waals surface area contributed by atoms with Gasteiger partial charge in [0.15, 0.2) is 17.8 Å². The Morgan fingerprint density at radius 2 is 2.22 bits per heavy atom. The zero-order valence-corrected chi connectivity index (χ0v) is 13.7. The minimum absolute atomic E-state index is 0.125. The van der Waals surface area contributed by atoms with Crippen LogP contribution in [-0.4, -0.2) is 40.6 Å². The summed E-state index contributed by atoms with van der Waals surface area (Å²) < 4.78 is 5.40. The lowest BCUT2D eigenvalue weighted by molar-refractivity contribution is 0.0689. The van der Waals surface area contributed by atoms with Crippen LogP contribution in [0, 0.1) is 5.92 Å². The molecule has 0 radical (unpaired) electrons. The van der Waals surface area contributed by atoms with Gasteiger partial charge in [-0.3, -0.25) is 4.79 Å². The van der Waals surface area contributed by atoms with Gasteiger partial charge in [0.25, 0.3) is 5.91 Å². The second-order valence-electron chi connectivity index (χ2n) is 5.95. The van der Waals surface area contributed by atoms with Crippen molar-refractivity contribution >= 4 is 17.5 Å². The summed E-state index contributed by atoms with van der Waals surface area (Å²) in [6.45, 7) is 0.509. The number of rotatable bonds is 4. The zero-order valence-electron chi connectivity index (χ0n) is 12.9. The molecule has 1 fully saturated rings. The summed E-state index contributed by atoms with van der Waals surface area (Å²) >= 11 is 6.18. The Bertz CT molecular complexity index is 701. The highest BCUT2D eigenvalue weighted by Gasteiger charge is 2.29. The van der Waals surface area contributed by atoms with Crippen LogP contribution < -0.4 is 0 Å². The number of oxazole rings is 1. The van der Waals surface area contributed by atoms with E-state index in [1.807, 2.05) is 12.1 Å². The average Bonchev–Trinajstić information content (AvgIpc) is 3.17. The van der Waals surface area contributed by atoms with Gasteiger partial charge in [-0.25, -0.2) is 4.98 Å². The molecule has 6 heteroatoms. The van der Waals surface area contributed by atoms with Crippen molar-refractivity contribution in [2.45, 2.75) is 25.4 Å². The minimum atomic E-state index is -0.328. The molecule has 1 heterocycles. The first-order valence-corrected chi connectivity index (χ1v) is 8.07. The van der Waals surface area contributed by atoms with Crippen molar-refractivity contribution in [1.29, 1.82) is 0 Å². The Kier molecular flexibility index (Phi) is 4.68. The highest BCUT2D eigenvalue weighted by molar-refractivity contribution is 6.33. The number of halogens is 1. The van der Waals surface area contributed by atoms with Gasteiger partial charge in [0.1, 0.15) is 0 Å². The highest BCUT2D eigenvalue weighted by atomic mass is 35.5. The van der Waals surface area contributed by atoms with Crippen molar-refractivity contribution in [2.75, 3.05) is 13.6 Å². The summed E-state index contributed by atoms with van der Waals surface area (Å²) in [7, 11) is 1.72. The van der Waals surface area contributed by atoms with Gasteiger partial charge in [-0.15, -0.1) is 0 Å². The second-order valence-corrected chi connectivity index (χ2v) is 6.36. The molecule has 1 aromatic carbocycles. The van der Waals surface area contributed by atoms with Gasteiger partial charge in [-0.05, 0) is 25.0 Å². The Hall–Kier alpha value is -1.85. The smallest absolute Gasteiger partial charge is 0.276 e. The van der Waals surface area contributed by atoms with Gasteiger partial charge in [0.05, 0.1) is 11.1 Å². The number of aromatic nitrogens is 1. The molecule has 2 unspecified atom stereocenters. The van der Waals surface area contributed by atoms with Crippen LogP contribution in [0.1, 0.15) is 29.8 Å². The van der Waals surface area contributed by atoms with E-state index in [2.05, 4.69) is 4.98 Å². The van der Waals surface area contributed by atoms with Crippen molar-refractivity contribution in [3.63, 3.8) is 0 Å². The van der Waals surface area contributed by atoms with Crippen LogP contribution in [-0.2, 0) is 0 Å². The predicted octanol–water partition coefficient (Wildman–Crippen LogP) is 3.23. The molecule has 0 bridgehead atoms. The number of aliphatic hydroxyl groups is 1. The molecule has 1 aliphatic rings. The van der Waals surface area contributed by atoms with Crippen molar-refractivity contribution in [1.82, 2.24) is 9.88 Å². The van der Waals surface area contributed by atoms with Crippen LogP contribution >= 0.6 is 11.6 Å². The fourth-order valence-electron chi connectivity index (χ4n) is 3.08. The number of nitrogens with zero attached hydrogens (tertiary/aromatic N) is 2. The monoisotopic (exact) mass is 334 g/mol. The average molecular weight is 335 g/mol. The third-order valence-corrected chi connectivity index (χ3v) is 4.69. The van der Waals surface area contributed by atoms with Crippen LogP contribution in [0.5, 0.6) is 0 Å². The Labute approximate surface area is 139 Å². The van der Waals surface area contributed by atoms with E-state index in [-0.39, 0.29) is 23.6 Å². The molecule has 2 aromatic rings. The molecule has 122 valence electrons. The van der Waals surface area contributed by atoms with Crippen molar-refractivity contribution < 1.29 is 14.3 Å². The number of carbonyl (C=O) groups is 1. The lowest BCUT2D eigenvalue weighted by atomic mass is 10.1. The van der Waals surface area contributed by atoms with Gasteiger partial charge >= 0.3 is 0 Å². The molecular formula is C17H19ClN2O3. The first-order chi connectivity index (χ1) is 11.1. The highest BCUT2D eigenvalue weighted by Crippen LogP contribution is 2.31. The zero-order chi connectivity index (χ0) is 16.4. The van der Waals surface area contributed by atoms with E-state index in [1.165, 1.54) is 6.39 Å². The Morgan fingerprint density at radius 3 is 2.91 bits per heavy atom. The first-order valence-electron chi connectivity index (χ1n) is 7.70. The standard InChI is InChI=1S/C17H19ClN2O3/c1-20(9-11-5-4-8-14(11)21)17(22)15-16(23-10-19-15)12-6-2-3-7-13(12)18/h2-3,6-7,10-11,14,21H,4-5,8-9H2,1H3. The maximum atomic E-state index is 12.7. The van der Waals surface area contributed by atoms with E-state index in [0.717, 1.165) is 19.3 Å². The molecule has 0 spiro atoms. The van der Waals surface area contributed by atoms with Gasteiger partial charge < -0.3 is 14.4 Å². The summed E-state index contributed by atoms with van der Waals surface area (Å²) in [6.07, 6.45) is 3.68. The summed E-state index contributed by atoms with van der Waals surface area (Å²) in [5, 5.41) is 10.4. The molecule has 0 saturated heterocycles. The number of amides is 1. The van der Waals surface area contributed by atoms with Crippen molar-refractivity contribution in [3.8, 4) is 11.3 Å². The summed E-state index contributed by atoms with van der Waals surface area (Å²) in [5.74, 6) is 0.270. The fraction of sp³-hybridized carbons (Fsp3) is 0.412. The largest absolute Gasteiger partial charge is 0.443 e. The maximum absolute atomic E-state index is 12.7. The molecule has 1 amide bonds. The van der Waals surface area contributed by atoms with Gasteiger partial charge in [0, 0.05) is 25.1 Å². The normalized spacial score (nSPS) is 20.7. The fourth-order valence-corrected chi connectivity index (χ4v) is 3.30. The number of aliphatic hydroxyl groups excluding tert-OH is 1. The number of carbonyl (C=O) groups excluding carboxylic acids is 1. The molecule has 23 heavy (non-hydrogen) atoms. The summed E-state index contributed by atoms with van der Waals surface area (Å²) in [6, 6.07) is 7.18. The topological polar surface area (TPSA) is 66.6 Å². The second kappa shape index (κ2) is 6.72. The van der Waals surface area contributed by atoms with Crippen molar-refractivity contribution in [2.24, 2.45) is 5.92 Å². The van der Waals surface area contributed by atoms with Crippen LogP contribution in [0.25, 0.3) is 11.3 Å². The number of benzene rings is 1. The van der Waals surface area contributed by atoms with Crippen LogP contribution in [0.3, 0.4) is 0 Å². The maximum Gasteiger partial charge on any atom is 0.276 e. The van der Waals surface area contributed by atoms with Gasteiger partial charge in [-0.2, -0.15) is 0 Å². The van der Waals surface area contributed by atoms with Gasteiger partial charge in [-0.1, -0.05) is 30.2 Å². The lowest BCUT2D eigenvalue weighted by Crippen LogP contribution is -2.34. The minimum Gasteiger partial charge on any atom is -0.443 e. The van der Waals surface area contributed by atoms with Crippen molar-refractivity contribution in [3.05, 3.63) is 41.4 Å². The molecule has 2 atom stereocenters. The van der Waals surface area contributed by atoms with Crippen LogP contribution in [0.4, 0.5) is 0 Å². The first kappa shape index (κ1) is 16.0. The summed E-state index contributed by atoms with van der Waals surface area (Å²) in [5.41, 5.74) is 0.886. The quantitative estimate of drug-likeness (QED) is 0.932. The van der Waals surface area contributed by atoms with E-state index >= 15 is 0 Å². The number of hydrogen-bond donors (Lipinski definition) is 1. The predicted molar refractivity (Wildman–Crippen MR) is 87.3 cm³/mol. The molecule has 1 aliphatic carbocycles. The lowest BCUT2D eigenvalue weighted by Gasteiger charge is -2.22. The van der Waals surface area contributed by atoms with Crippen LogP contribution in [0.15, 0.2) is 35.1 Å².